The van der Waals surface area contributed by atoms with Gasteiger partial charge in [0.25, 0.3) is 0 Å². The molecule has 6 nitrogen and oxygen atoms in total. The summed E-state index contributed by atoms with van der Waals surface area (Å²) >= 11 is 0. The molecule has 1 atom stereocenters. The topological polar surface area (TPSA) is 75.6 Å². The van der Waals surface area contributed by atoms with Gasteiger partial charge in [-0.05, 0) is 19.9 Å². The summed E-state index contributed by atoms with van der Waals surface area (Å²) in [5.41, 5.74) is 1.41. The lowest BCUT2D eigenvalue weighted by Crippen LogP contribution is -2.31. The molecule has 1 amide bonds. The van der Waals surface area contributed by atoms with Crippen LogP contribution in [-0.2, 0) is 4.79 Å². The fourth-order valence-corrected chi connectivity index (χ4v) is 1.79. The molecule has 2 aromatic rings. The van der Waals surface area contributed by atoms with Gasteiger partial charge in [0.1, 0.15) is 0 Å². The van der Waals surface area contributed by atoms with E-state index in [-0.39, 0.29) is 5.95 Å². The van der Waals surface area contributed by atoms with Crippen LogP contribution < -0.4 is 5.32 Å². The minimum atomic E-state index is -4.57. The molecule has 2 aromatic heterocycles. The van der Waals surface area contributed by atoms with Gasteiger partial charge in [-0.25, -0.2) is 4.98 Å². The van der Waals surface area contributed by atoms with Gasteiger partial charge in [-0.15, -0.1) is 0 Å². The fourth-order valence-electron chi connectivity index (χ4n) is 1.79. The van der Waals surface area contributed by atoms with Crippen LogP contribution in [0.4, 0.5) is 19.1 Å². The Morgan fingerprint density at radius 3 is 2.67 bits per heavy atom. The monoisotopic (exact) mass is 301 g/mol. The van der Waals surface area contributed by atoms with E-state index in [0.29, 0.717) is 5.69 Å². The second-order valence-electron chi connectivity index (χ2n) is 4.59. The summed E-state index contributed by atoms with van der Waals surface area (Å²) in [6, 6.07) is -0.639. The number of aromatic nitrogens is 4. The number of carbonyl (C=O) groups excluding carboxylic acids is 1. The van der Waals surface area contributed by atoms with Gasteiger partial charge in [-0.2, -0.15) is 18.3 Å². The van der Waals surface area contributed by atoms with Crippen molar-refractivity contribution in [2.24, 2.45) is 0 Å². The molecule has 0 fully saturated rings. The van der Waals surface area contributed by atoms with Crippen LogP contribution in [0.2, 0.25) is 0 Å². The number of amides is 1. The highest BCUT2D eigenvalue weighted by Gasteiger charge is 2.42. The third-order valence-corrected chi connectivity index (χ3v) is 2.99. The summed E-state index contributed by atoms with van der Waals surface area (Å²) in [4.78, 5) is 18.5. The van der Waals surface area contributed by atoms with Crippen LogP contribution in [0.1, 0.15) is 23.9 Å². The Balaban J connectivity index is 2.08. The Kier molecular flexibility index (Phi) is 4.01. The minimum Gasteiger partial charge on any atom is -0.328 e. The molecule has 0 aromatic carbocycles. The number of rotatable bonds is 4. The van der Waals surface area contributed by atoms with Gasteiger partial charge in [-0.1, -0.05) is 0 Å². The first-order valence-corrected chi connectivity index (χ1v) is 6.16. The number of carbonyl (C=O) groups is 1. The van der Waals surface area contributed by atoms with E-state index in [1.54, 1.807) is 13.8 Å². The minimum absolute atomic E-state index is 0.136. The van der Waals surface area contributed by atoms with Gasteiger partial charge in [0, 0.05) is 18.1 Å². The Morgan fingerprint density at radius 2 is 2.19 bits per heavy atom. The molecule has 0 saturated carbocycles. The van der Waals surface area contributed by atoms with Gasteiger partial charge < -0.3 is 4.98 Å². The summed E-state index contributed by atoms with van der Waals surface area (Å²) in [6.45, 7) is 3.48. The van der Waals surface area contributed by atoms with Crippen LogP contribution in [0.3, 0.4) is 0 Å². The van der Waals surface area contributed by atoms with Crippen molar-refractivity contribution in [3.05, 3.63) is 29.8 Å². The van der Waals surface area contributed by atoms with E-state index in [1.165, 1.54) is 18.5 Å². The SMILES string of the molecule is Cc1nc(NC(=O)CC(n2cccn2)C(F)(F)F)[nH]c1C. The Hall–Kier alpha value is -2.32. The largest absolute Gasteiger partial charge is 0.411 e. The van der Waals surface area contributed by atoms with Crippen molar-refractivity contribution in [2.75, 3.05) is 5.32 Å². The molecule has 2 N–H and O–H groups in total. The number of imidazole rings is 1. The number of H-pyrrole nitrogens is 1. The van der Waals surface area contributed by atoms with E-state index in [1.807, 2.05) is 0 Å². The van der Waals surface area contributed by atoms with E-state index >= 15 is 0 Å². The average Bonchev–Trinajstić information content (AvgIpc) is 2.96. The van der Waals surface area contributed by atoms with Gasteiger partial charge in [0.2, 0.25) is 11.9 Å². The van der Waals surface area contributed by atoms with Crippen molar-refractivity contribution < 1.29 is 18.0 Å². The maximum Gasteiger partial charge on any atom is 0.411 e. The molecular weight excluding hydrogens is 287 g/mol. The number of anilines is 1. The molecule has 2 rings (SSSR count). The Labute approximate surface area is 118 Å². The first kappa shape index (κ1) is 15.1. The number of hydrogen-bond acceptors (Lipinski definition) is 3. The zero-order valence-corrected chi connectivity index (χ0v) is 11.4. The molecule has 0 spiro atoms. The summed E-state index contributed by atoms with van der Waals surface area (Å²) < 4.78 is 39.7. The molecule has 0 aliphatic rings. The van der Waals surface area contributed by atoms with Crippen LogP contribution in [0.25, 0.3) is 0 Å². The number of hydrogen-bond donors (Lipinski definition) is 2. The zero-order chi connectivity index (χ0) is 15.6. The van der Waals surface area contributed by atoms with Gasteiger partial charge >= 0.3 is 6.18 Å². The van der Waals surface area contributed by atoms with Crippen molar-refractivity contribution in [3.8, 4) is 0 Å². The van der Waals surface area contributed by atoms with Crippen molar-refractivity contribution in [2.45, 2.75) is 32.5 Å². The molecule has 1 unspecified atom stereocenters. The van der Waals surface area contributed by atoms with Crippen molar-refractivity contribution >= 4 is 11.9 Å². The number of alkyl halides is 3. The highest BCUT2D eigenvalue weighted by Crippen LogP contribution is 2.32. The molecule has 0 bridgehead atoms. The lowest BCUT2D eigenvalue weighted by molar-refractivity contribution is -0.174. The lowest BCUT2D eigenvalue weighted by Gasteiger charge is -2.19. The second kappa shape index (κ2) is 5.58. The third-order valence-electron chi connectivity index (χ3n) is 2.99. The molecule has 2 heterocycles. The smallest absolute Gasteiger partial charge is 0.328 e. The van der Waals surface area contributed by atoms with Crippen LogP contribution in [0.5, 0.6) is 0 Å². The van der Waals surface area contributed by atoms with E-state index in [2.05, 4.69) is 20.4 Å². The number of nitrogens with zero attached hydrogens (tertiary/aromatic N) is 3. The van der Waals surface area contributed by atoms with Gasteiger partial charge in [0.05, 0.1) is 12.1 Å². The maximum absolute atomic E-state index is 13.0. The molecule has 0 aliphatic carbocycles. The number of aromatic amines is 1. The summed E-state index contributed by atoms with van der Waals surface area (Å²) in [5, 5.41) is 5.88. The van der Waals surface area contributed by atoms with Crippen LogP contribution in [-0.4, -0.2) is 31.8 Å². The number of aryl methyl sites for hydroxylation is 2. The molecule has 0 radical (unpaired) electrons. The molecule has 9 heteroatoms. The summed E-state index contributed by atoms with van der Waals surface area (Å²) in [5.74, 6) is -0.655. The fraction of sp³-hybridized carbons (Fsp3) is 0.417. The van der Waals surface area contributed by atoms with Crippen molar-refractivity contribution in [1.82, 2.24) is 19.7 Å². The second-order valence-corrected chi connectivity index (χ2v) is 4.59. The predicted octanol–water partition coefficient (Wildman–Crippen LogP) is 2.36. The predicted molar refractivity (Wildman–Crippen MR) is 68.6 cm³/mol. The first-order chi connectivity index (χ1) is 9.77. The molecular formula is C12H14F3N5O. The molecule has 0 aliphatic heterocycles. The van der Waals surface area contributed by atoms with Crippen molar-refractivity contribution in [1.29, 1.82) is 0 Å². The van der Waals surface area contributed by atoms with E-state index in [0.717, 1.165) is 10.4 Å². The van der Waals surface area contributed by atoms with Crippen LogP contribution in [0.15, 0.2) is 18.5 Å². The third kappa shape index (κ3) is 3.61. The maximum atomic E-state index is 13.0. The van der Waals surface area contributed by atoms with E-state index < -0.39 is 24.5 Å². The van der Waals surface area contributed by atoms with E-state index in [9.17, 15) is 18.0 Å². The first-order valence-electron chi connectivity index (χ1n) is 6.16. The molecule has 21 heavy (non-hydrogen) atoms. The molecule has 0 saturated heterocycles. The quantitative estimate of drug-likeness (QED) is 0.910. The summed E-state index contributed by atoms with van der Waals surface area (Å²) in [6.07, 6.45) is -2.94. The molecule has 114 valence electrons. The Morgan fingerprint density at radius 1 is 1.48 bits per heavy atom. The van der Waals surface area contributed by atoms with Crippen LogP contribution >= 0.6 is 0 Å². The highest BCUT2D eigenvalue weighted by atomic mass is 19.4. The zero-order valence-electron chi connectivity index (χ0n) is 11.4. The Bertz CT molecular complexity index is 598. The van der Waals surface area contributed by atoms with Crippen molar-refractivity contribution in [3.63, 3.8) is 0 Å². The lowest BCUT2D eigenvalue weighted by atomic mass is 10.2. The number of halogens is 3. The average molecular weight is 301 g/mol. The normalized spacial score (nSPS) is 13.2. The summed E-state index contributed by atoms with van der Waals surface area (Å²) in [7, 11) is 0. The van der Waals surface area contributed by atoms with Crippen LogP contribution in [0, 0.1) is 13.8 Å². The van der Waals surface area contributed by atoms with Gasteiger partial charge in [0.15, 0.2) is 6.04 Å². The highest BCUT2D eigenvalue weighted by molar-refractivity contribution is 5.89. The standard InChI is InChI=1S/C12H14F3N5O/c1-7-8(2)18-11(17-7)19-10(21)6-9(12(13,14)15)20-5-3-4-16-20/h3-5,9H,6H2,1-2H3,(H2,17,18,19,21). The van der Waals surface area contributed by atoms with Gasteiger partial charge in [-0.3, -0.25) is 14.8 Å². The number of nitrogens with one attached hydrogen (secondary N) is 2. The van der Waals surface area contributed by atoms with E-state index in [4.69, 9.17) is 0 Å².